The third-order valence-electron chi connectivity index (χ3n) is 5.33. The second-order valence-electron chi connectivity index (χ2n) is 6.82. The van der Waals surface area contributed by atoms with Crippen LogP contribution in [0.5, 0.6) is 5.88 Å². The second-order valence-corrected chi connectivity index (χ2v) is 7.21. The fourth-order valence-electron chi connectivity index (χ4n) is 3.83. The van der Waals surface area contributed by atoms with Crippen LogP contribution in [0.2, 0.25) is 0 Å². The van der Waals surface area contributed by atoms with Gasteiger partial charge in [-0.25, -0.2) is 0 Å². The number of fused-ring (bicyclic) bond motifs is 3. The van der Waals surface area contributed by atoms with E-state index in [9.17, 15) is 9.90 Å². The van der Waals surface area contributed by atoms with Crippen LogP contribution in [0.1, 0.15) is 49.2 Å². The average Bonchev–Trinajstić information content (AvgIpc) is 3.00. The lowest BCUT2D eigenvalue weighted by Gasteiger charge is -2.26. The van der Waals surface area contributed by atoms with E-state index < -0.39 is 6.04 Å². The number of hydrogen-bond donors (Lipinski definition) is 4. The summed E-state index contributed by atoms with van der Waals surface area (Å²) in [5.74, 6) is -0.0582. The Morgan fingerprint density at radius 2 is 2.12 bits per heavy atom. The van der Waals surface area contributed by atoms with Gasteiger partial charge in [0.1, 0.15) is 5.56 Å². The van der Waals surface area contributed by atoms with Crippen LogP contribution in [0.25, 0.3) is 10.9 Å². The van der Waals surface area contributed by atoms with Crippen molar-refractivity contribution in [2.75, 3.05) is 6.54 Å². The normalized spacial score (nSPS) is 18.0. The highest BCUT2D eigenvalue weighted by Gasteiger charge is 2.31. The van der Waals surface area contributed by atoms with Gasteiger partial charge in [0.15, 0.2) is 4.77 Å². The molecule has 0 aliphatic carbocycles. The molecular formula is C19H22N4O2S. The number of aromatic hydroxyl groups is 1. The number of nitrogens with zero attached hydrogens (tertiary/aromatic N) is 1. The lowest BCUT2D eigenvalue weighted by molar-refractivity contribution is 0.358. The van der Waals surface area contributed by atoms with Crippen molar-refractivity contribution in [2.45, 2.75) is 38.8 Å². The summed E-state index contributed by atoms with van der Waals surface area (Å²) in [5, 5.41) is 15.5. The zero-order chi connectivity index (χ0) is 18.4. The molecule has 136 valence electrons. The van der Waals surface area contributed by atoms with Gasteiger partial charge in [-0.1, -0.05) is 25.1 Å². The van der Waals surface area contributed by atoms with Gasteiger partial charge < -0.3 is 15.4 Å². The molecule has 0 saturated carbocycles. The Hall–Kier alpha value is -2.38. The van der Waals surface area contributed by atoms with Crippen molar-refractivity contribution >= 4 is 23.1 Å². The Balaban J connectivity index is 1.96. The van der Waals surface area contributed by atoms with Crippen LogP contribution in [0.3, 0.4) is 0 Å². The summed E-state index contributed by atoms with van der Waals surface area (Å²) in [6, 6.07) is 7.70. The van der Waals surface area contributed by atoms with Gasteiger partial charge in [0.05, 0.1) is 6.04 Å². The molecular weight excluding hydrogens is 348 g/mol. The van der Waals surface area contributed by atoms with E-state index in [1.54, 1.807) is 4.57 Å². The summed E-state index contributed by atoms with van der Waals surface area (Å²) in [4.78, 5) is 18.9. The molecule has 0 spiro atoms. The third-order valence-corrected chi connectivity index (χ3v) is 5.63. The van der Waals surface area contributed by atoms with Crippen LogP contribution in [0.4, 0.5) is 0 Å². The summed E-state index contributed by atoms with van der Waals surface area (Å²) in [7, 11) is 0. The van der Waals surface area contributed by atoms with E-state index in [1.807, 2.05) is 32.0 Å². The quantitative estimate of drug-likeness (QED) is 0.533. The minimum Gasteiger partial charge on any atom is -0.494 e. The summed E-state index contributed by atoms with van der Waals surface area (Å²) < 4.78 is 1.88. The molecule has 0 saturated heterocycles. The minimum absolute atomic E-state index is 0.0103. The van der Waals surface area contributed by atoms with Gasteiger partial charge in [0, 0.05) is 29.2 Å². The van der Waals surface area contributed by atoms with Crippen molar-refractivity contribution < 1.29 is 5.11 Å². The number of nitrogens with one attached hydrogen (secondary N) is 3. The van der Waals surface area contributed by atoms with Crippen LogP contribution in [0.15, 0.2) is 29.1 Å². The third kappa shape index (κ3) is 2.50. The van der Waals surface area contributed by atoms with Gasteiger partial charge in [0.25, 0.3) is 5.56 Å². The van der Waals surface area contributed by atoms with E-state index in [2.05, 4.69) is 21.4 Å². The SMILES string of the molecule is CC[C@@H](C)n1c(O)c([C@H]2NCCc3c2[nH]c2ccccc32)c(=O)[nH]c1=S. The molecule has 1 aliphatic rings. The zero-order valence-corrected chi connectivity index (χ0v) is 15.6. The fourth-order valence-corrected chi connectivity index (χ4v) is 4.19. The number of benzene rings is 1. The minimum atomic E-state index is -0.402. The molecule has 0 radical (unpaired) electrons. The average molecular weight is 370 g/mol. The Bertz CT molecular complexity index is 1100. The van der Waals surface area contributed by atoms with Crippen molar-refractivity contribution in [3.05, 3.63) is 56.2 Å². The molecule has 6 nitrogen and oxygen atoms in total. The maximum Gasteiger partial charge on any atom is 0.260 e. The molecule has 1 aromatic carbocycles. The Morgan fingerprint density at radius 3 is 2.88 bits per heavy atom. The molecule has 2 aromatic heterocycles. The summed E-state index contributed by atoms with van der Waals surface area (Å²) in [5.41, 5.74) is 3.13. The van der Waals surface area contributed by atoms with Crippen LogP contribution in [0, 0.1) is 4.77 Å². The van der Waals surface area contributed by atoms with Gasteiger partial charge >= 0.3 is 0 Å². The van der Waals surface area contributed by atoms with Gasteiger partial charge in [-0.05, 0) is 43.6 Å². The second kappa shape index (κ2) is 6.41. The van der Waals surface area contributed by atoms with Crippen molar-refractivity contribution in [3.63, 3.8) is 0 Å². The van der Waals surface area contributed by atoms with Gasteiger partial charge in [-0.2, -0.15) is 0 Å². The maximum atomic E-state index is 12.7. The molecule has 0 amide bonds. The summed E-state index contributed by atoms with van der Waals surface area (Å²) in [6.07, 6.45) is 1.67. The first-order valence-electron chi connectivity index (χ1n) is 8.93. The van der Waals surface area contributed by atoms with Crippen LogP contribution < -0.4 is 10.9 Å². The summed E-state index contributed by atoms with van der Waals surface area (Å²) >= 11 is 5.28. The highest BCUT2D eigenvalue weighted by Crippen LogP contribution is 2.35. The zero-order valence-electron chi connectivity index (χ0n) is 14.8. The number of rotatable bonds is 3. The monoisotopic (exact) mass is 370 g/mol. The molecule has 1 aliphatic heterocycles. The molecule has 0 bridgehead atoms. The molecule has 4 rings (SSSR count). The first kappa shape index (κ1) is 17.1. The predicted molar refractivity (Wildman–Crippen MR) is 104 cm³/mol. The van der Waals surface area contributed by atoms with E-state index in [4.69, 9.17) is 12.2 Å². The van der Waals surface area contributed by atoms with Crippen LogP contribution >= 0.6 is 12.2 Å². The highest BCUT2D eigenvalue weighted by molar-refractivity contribution is 7.71. The lowest BCUT2D eigenvalue weighted by Crippen LogP contribution is -2.35. The lowest BCUT2D eigenvalue weighted by atomic mass is 9.95. The van der Waals surface area contributed by atoms with Gasteiger partial charge in [0.2, 0.25) is 5.88 Å². The standard InChI is InChI=1S/C19H22N4O2S/c1-3-10(2)23-18(25)14(17(24)22-19(23)26)16-15-12(8-9-20-16)11-6-4-5-7-13(11)21-15/h4-7,10,16,20-21,25H,3,8-9H2,1-2H3,(H,22,24,26)/t10-,16-/m1/s1. The molecule has 4 N–H and O–H groups in total. The van der Waals surface area contributed by atoms with Crippen molar-refractivity contribution in [2.24, 2.45) is 0 Å². The van der Waals surface area contributed by atoms with Crippen molar-refractivity contribution in [3.8, 4) is 5.88 Å². The van der Waals surface area contributed by atoms with E-state index >= 15 is 0 Å². The van der Waals surface area contributed by atoms with Gasteiger partial charge in [-0.15, -0.1) is 0 Å². The molecule has 7 heteroatoms. The molecule has 0 unspecified atom stereocenters. The van der Waals surface area contributed by atoms with Gasteiger partial charge in [-0.3, -0.25) is 14.3 Å². The molecule has 2 atom stereocenters. The van der Waals surface area contributed by atoms with E-state index in [1.165, 1.54) is 10.9 Å². The van der Waals surface area contributed by atoms with Crippen molar-refractivity contribution in [1.82, 2.24) is 19.9 Å². The van der Waals surface area contributed by atoms with Crippen LogP contribution in [-0.4, -0.2) is 26.2 Å². The number of aromatic amines is 2. The van der Waals surface area contributed by atoms with E-state index in [0.717, 1.165) is 30.6 Å². The number of aromatic nitrogens is 3. The molecule has 3 heterocycles. The van der Waals surface area contributed by atoms with E-state index in [0.29, 0.717) is 5.56 Å². The summed E-state index contributed by atoms with van der Waals surface area (Å²) in [6.45, 7) is 4.73. The smallest absolute Gasteiger partial charge is 0.260 e. The number of para-hydroxylation sites is 1. The Morgan fingerprint density at radius 1 is 1.35 bits per heavy atom. The Kier molecular flexibility index (Phi) is 4.20. The molecule has 0 fully saturated rings. The first-order chi connectivity index (χ1) is 12.5. The Labute approximate surface area is 155 Å². The van der Waals surface area contributed by atoms with Crippen LogP contribution in [-0.2, 0) is 6.42 Å². The topological polar surface area (TPSA) is 85.8 Å². The highest BCUT2D eigenvalue weighted by atomic mass is 32.1. The molecule has 3 aromatic rings. The van der Waals surface area contributed by atoms with E-state index in [-0.39, 0.29) is 22.3 Å². The number of H-pyrrole nitrogens is 2. The largest absolute Gasteiger partial charge is 0.494 e. The predicted octanol–water partition coefficient (Wildman–Crippen LogP) is 3.30. The molecule has 26 heavy (non-hydrogen) atoms. The first-order valence-corrected chi connectivity index (χ1v) is 9.34. The van der Waals surface area contributed by atoms with Crippen molar-refractivity contribution in [1.29, 1.82) is 0 Å². The fraction of sp³-hybridized carbons (Fsp3) is 0.368. The number of hydrogen-bond acceptors (Lipinski definition) is 4. The maximum absolute atomic E-state index is 12.7.